The number of hydrogen-bond acceptors (Lipinski definition) is 6. The number of benzene rings is 1. The Morgan fingerprint density at radius 2 is 1.94 bits per heavy atom. The summed E-state index contributed by atoms with van der Waals surface area (Å²) in [6.45, 7) is 0. The lowest BCUT2D eigenvalue weighted by Crippen LogP contribution is -2.43. The number of amides is 1. The number of hydrogen-bond donors (Lipinski definition) is 2. The van der Waals surface area contributed by atoms with Crippen LogP contribution in [0.2, 0.25) is 0 Å². The van der Waals surface area contributed by atoms with Gasteiger partial charge in [0.1, 0.15) is 11.7 Å². The van der Waals surface area contributed by atoms with Crippen molar-refractivity contribution in [2.45, 2.75) is 24.3 Å². The number of esters is 1. The molecule has 1 aromatic carbocycles. The molecule has 2 N–H and O–H groups in total. The highest BCUT2D eigenvalue weighted by Crippen LogP contribution is 2.52. The van der Waals surface area contributed by atoms with Gasteiger partial charge in [0, 0.05) is 19.0 Å². The fourth-order valence-corrected chi connectivity index (χ4v) is 3.25. The van der Waals surface area contributed by atoms with Crippen molar-refractivity contribution in [1.29, 1.82) is 0 Å². The quantitative estimate of drug-likeness (QED) is 0.581. The predicted octanol–water partition coefficient (Wildman–Crippen LogP) is 2.60. The molecule has 0 fully saturated rings. The van der Waals surface area contributed by atoms with Crippen LogP contribution in [0.1, 0.15) is 21.6 Å². The third-order valence-electron chi connectivity index (χ3n) is 5.04. The van der Waals surface area contributed by atoms with Gasteiger partial charge in [-0.3, -0.25) is 4.79 Å². The van der Waals surface area contributed by atoms with Crippen molar-refractivity contribution in [2.75, 3.05) is 7.11 Å². The van der Waals surface area contributed by atoms with E-state index in [0.29, 0.717) is 16.7 Å². The second-order valence-electron chi connectivity index (χ2n) is 7.09. The Hall–Kier alpha value is -3.70. The van der Waals surface area contributed by atoms with E-state index in [0.717, 1.165) is 0 Å². The molecule has 31 heavy (non-hydrogen) atoms. The zero-order valence-electron chi connectivity index (χ0n) is 16.4. The molecule has 1 amide bonds. The van der Waals surface area contributed by atoms with E-state index < -0.39 is 29.8 Å². The van der Waals surface area contributed by atoms with E-state index in [-0.39, 0.29) is 17.7 Å². The van der Waals surface area contributed by atoms with Gasteiger partial charge < -0.3 is 19.6 Å². The second-order valence-corrected chi connectivity index (χ2v) is 7.09. The van der Waals surface area contributed by atoms with Crippen LogP contribution in [0.5, 0.6) is 0 Å². The average Bonchev–Trinajstić information content (AvgIpc) is 3.34. The Balaban J connectivity index is 1.49. The minimum atomic E-state index is -4.62. The lowest BCUT2D eigenvalue weighted by atomic mass is 9.98. The Bertz CT molecular complexity index is 1170. The zero-order chi connectivity index (χ0) is 22.4. The Labute approximate surface area is 173 Å². The van der Waals surface area contributed by atoms with Crippen molar-refractivity contribution >= 4 is 23.0 Å². The van der Waals surface area contributed by atoms with Crippen molar-refractivity contribution in [1.82, 2.24) is 19.9 Å². The van der Waals surface area contributed by atoms with Gasteiger partial charge >= 0.3 is 17.8 Å². The number of aryl methyl sites for hydroxylation is 1. The monoisotopic (exact) mass is 434 g/mol. The normalized spacial score (nSPS) is 15.6. The minimum Gasteiger partial charge on any atom is -0.467 e. The molecule has 162 valence electrons. The van der Waals surface area contributed by atoms with Gasteiger partial charge in [0.25, 0.3) is 5.91 Å². The highest BCUT2D eigenvalue weighted by Gasteiger charge is 2.65. The zero-order valence-corrected chi connectivity index (χ0v) is 16.4. The van der Waals surface area contributed by atoms with E-state index >= 15 is 0 Å². The fraction of sp³-hybridized carbons (Fsp3) is 0.316. The van der Waals surface area contributed by atoms with E-state index in [2.05, 4.69) is 25.5 Å². The number of imidazole rings is 1. The third kappa shape index (κ3) is 3.64. The molecule has 12 heteroatoms. The van der Waals surface area contributed by atoms with Gasteiger partial charge in [0.05, 0.1) is 19.0 Å². The lowest BCUT2D eigenvalue weighted by Gasteiger charge is -2.18. The number of carbonyl (C=O) groups is 2. The van der Waals surface area contributed by atoms with Crippen molar-refractivity contribution in [2.24, 2.45) is 17.3 Å². The van der Waals surface area contributed by atoms with Gasteiger partial charge in [-0.15, -0.1) is 10.2 Å². The number of nitrogens with one attached hydrogen (secondary N) is 2. The summed E-state index contributed by atoms with van der Waals surface area (Å²) in [5, 5.41) is 8.90. The number of nitrogens with zero attached hydrogens (tertiary/aromatic N) is 4. The largest absolute Gasteiger partial charge is 0.467 e. The molecule has 3 aromatic rings. The Morgan fingerprint density at radius 3 is 2.48 bits per heavy atom. The number of H-pyrrole nitrogens is 1. The summed E-state index contributed by atoms with van der Waals surface area (Å²) in [6, 6.07) is 5.92. The highest BCUT2D eigenvalue weighted by molar-refractivity contribution is 5.98. The molecule has 9 nitrogen and oxygen atoms in total. The van der Waals surface area contributed by atoms with Crippen molar-refractivity contribution < 1.29 is 27.5 Å². The fourth-order valence-electron chi connectivity index (χ4n) is 3.25. The minimum absolute atomic E-state index is 0.0183. The van der Waals surface area contributed by atoms with Crippen LogP contribution in [0.15, 0.2) is 46.9 Å². The van der Waals surface area contributed by atoms with Crippen LogP contribution in [0.25, 0.3) is 11.2 Å². The van der Waals surface area contributed by atoms with E-state index in [1.54, 1.807) is 24.0 Å². The first kappa shape index (κ1) is 20.6. The molecule has 1 aliphatic rings. The number of carbonyl (C=O) groups excluding carboxylic acids is 2. The van der Waals surface area contributed by atoms with Crippen LogP contribution >= 0.6 is 0 Å². The van der Waals surface area contributed by atoms with Gasteiger partial charge in [-0.2, -0.15) is 13.2 Å². The molecule has 0 aliphatic carbocycles. The maximum atomic E-state index is 13.1. The molecular formula is C19H17F3N6O3. The molecule has 0 bridgehead atoms. The number of aromatic nitrogens is 3. The van der Waals surface area contributed by atoms with Crippen LogP contribution < -0.4 is 5.32 Å². The molecule has 4 rings (SSSR count). The molecule has 2 aromatic heterocycles. The Kier molecular flexibility index (Phi) is 4.79. The van der Waals surface area contributed by atoms with Gasteiger partial charge in [-0.1, -0.05) is 24.3 Å². The van der Waals surface area contributed by atoms with Crippen LogP contribution in [0.3, 0.4) is 0 Å². The first-order valence-corrected chi connectivity index (χ1v) is 9.13. The van der Waals surface area contributed by atoms with E-state index in [9.17, 15) is 22.8 Å². The topological polar surface area (TPSA) is 114 Å². The summed E-state index contributed by atoms with van der Waals surface area (Å²) in [5.41, 5.74) is -0.659. The van der Waals surface area contributed by atoms with E-state index in [4.69, 9.17) is 4.74 Å². The molecular weight excluding hydrogens is 417 g/mol. The number of rotatable bonds is 6. The summed E-state index contributed by atoms with van der Waals surface area (Å²) in [4.78, 5) is 31.8. The second kappa shape index (κ2) is 7.22. The summed E-state index contributed by atoms with van der Waals surface area (Å²) in [7, 11) is 2.96. The molecule has 3 heterocycles. The van der Waals surface area contributed by atoms with Crippen LogP contribution in [0.4, 0.5) is 13.2 Å². The molecule has 0 spiro atoms. The first-order chi connectivity index (χ1) is 14.6. The number of alkyl halides is 3. The molecule has 1 unspecified atom stereocenters. The number of fused-ring (bicyclic) bond motifs is 1. The van der Waals surface area contributed by atoms with Gasteiger partial charge in [0.15, 0.2) is 5.65 Å². The summed E-state index contributed by atoms with van der Waals surface area (Å²) in [5.74, 6) is -1.23. The van der Waals surface area contributed by atoms with Crippen molar-refractivity contribution in [3.8, 4) is 0 Å². The Morgan fingerprint density at radius 1 is 1.26 bits per heavy atom. The number of methoxy groups -OCH3 is 1. The smallest absolute Gasteiger partial charge is 0.442 e. The van der Waals surface area contributed by atoms with Crippen molar-refractivity contribution in [3.05, 3.63) is 53.5 Å². The van der Waals surface area contributed by atoms with Gasteiger partial charge in [-0.25, -0.2) is 9.78 Å². The average molecular weight is 434 g/mol. The highest BCUT2D eigenvalue weighted by atomic mass is 19.4. The van der Waals surface area contributed by atoms with Gasteiger partial charge in [0.2, 0.25) is 0 Å². The van der Waals surface area contributed by atoms with Crippen LogP contribution in [-0.2, 0) is 28.7 Å². The van der Waals surface area contributed by atoms with Crippen LogP contribution in [-0.4, -0.2) is 45.7 Å². The number of ether oxygens (including phenoxy) is 1. The molecule has 1 aliphatic heterocycles. The maximum absolute atomic E-state index is 13.1. The van der Waals surface area contributed by atoms with E-state index in [1.807, 2.05) is 0 Å². The number of aromatic amines is 1. The summed E-state index contributed by atoms with van der Waals surface area (Å²) < 4.78 is 45.9. The van der Waals surface area contributed by atoms with Gasteiger partial charge in [-0.05, 0) is 11.6 Å². The lowest BCUT2D eigenvalue weighted by molar-refractivity contribution is -0.166. The standard InChI is InChI=1S/C19H17F3N6O3/c1-28-9-23-15-14(28)8-12(24-15)16(29)25-13(17(30)31-2)7-10-3-5-11(6-4-10)18(26-27-18)19(20,21)22/h3-6,8-9,13,24H,7H2,1-2H3,(H,25,29). The van der Waals surface area contributed by atoms with E-state index in [1.165, 1.54) is 31.4 Å². The third-order valence-corrected chi connectivity index (χ3v) is 5.04. The predicted molar refractivity (Wildman–Crippen MR) is 101 cm³/mol. The van der Waals surface area contributed by atoms with Crippen LogP contribution in [0, 0.1) is 0 Å². The number of halogens is 3. The van der Waals surface area contributed by atoms with Crippen molar-refractivity contribution in [3.63, 3.8) is 0 Å². The molecule has 0 saturated heterocycles. The first-order valence-electron chi connectivity index (χ1n) is 9.13. The molecule has 1 atom stereocenters. The maximum Gasteiger partial charge on any atom is 0.442 e. The summed E-state index contributed by atoms with van der Waals surface area (Å²) in [6.07, 6.45) is -3.01. The SMILES string of the molecule is COC(=O)C(Cc1ccc(C2(C(F)(F)F)N=N2)cc1)NC(=O)c1cc2c(ncn2C)[nH]1. The molecule has 0 radical (unpaired) electrons. The molecule has 0 saturated carbocycles. The summed E-state index contributed by atoms with van der Waals surface area (Å²) >= 11 is 0.